The lowest BCUT2D eigenvalue weighted by atomic mass is 9.98. The summed E-state index contributed by atoms with van der Waals surface area (Å²) in [5.74, 6) is 1.54. The lowest BCUT2D eigenvalue weighted by molar-refractivity contribution is 0.0269. The first-order valence-electron chi connectivity index (χ1n) is 6.48. The van der Waals surface area contributed by atoms with Crippen molar-refractivity contribution in [1.82, 2.24) is 5.32 Å². The van der Waals surface area contributed by atoms with Gasteiger partial charge < -0.3 is 19.5 Å². The molecule has 0 amide bonds. The van der Waals surface area contributed by atoms with Crippen molar-refractivity contribution in [3.8, 4) is 11.5 Å². The molecule has 0 saturated carbocycles. The number of rotatable bonds is 4. The van der Waals surface area contributed by atoms with Crippen LogP contribution < -0.4 is 14.8 Å². The third-order valence-electron chi connectivity index (χ3n) is 3.36. The first kappa shape index (κ1) is 14.6. The summed E-state index contributed by atoms with van der Waals surface area (Å²) in [5, 5.41) is 3.36. The van der Waals surface area contributed by atoms with Gasteiger partial charge in [0.1, 0.15) is 0 Å². The highest BCUT2D eigenvalue weighted by atomic mass is 79.9. The van der Waals surface area contributed by atoms with Gasteiger partial charge in [0.15, 0.2) is 11.5 Å². The smallest absolute Gasteiger partial charge is 0.175 e. The zero-order valence-electron chi connectivity index (χ0n) is 11.6. The molecule has 1 fully saturated rings. The molecule has 4 nitrogen and oxygen atoms in total. The molecular weight excluding hydrogens is 310 g/mol. The lowest BCUT2D eigenvalue weighted by Crippen LogP contribution is -2.33. The van der Waals surface area contributed by atoms with Crippen LogP contribution in [0.4, 0.5) is 0 Å². The Morgan fingerprint density at radius 3 is 2.63 bits per heavy atom. The minimum atomic E-state index is 0.0693. The van der Waals surface area contributed by atoms with Crippen LogP contribution in [0.5, 0.6) is 11.5 Å². The van der Waals surface area contributed by atoms with Crippen LogP contribution in [-0.2, 0) is 11.2 Å². The van der Waals surface area contributed by atoms with Crippen molar-refractivity contribution in [2.24, 2.45) is 0 Å². The number of hydrogen-bond donors (Lipinski definition) is 1. The number of nitrogens with one attached hydrogen (secondary N) is 1. The van der Waals surface area contributed by atoms with Gasteiger partial charge in [-0.25, -0.2) is 0 Å². The molecule has 2 rings (SSSR count). The van der Waals surface area contributed by atoms with Crippen molar-refractivity contribution < 1.29 is 14.2 Å². The van der Waals surface area contributed by atoms with Crippen LogP contribution in [0.3, 0.4) is 0 Å². The van der Waals surface area contributed by atoms with Crippen molar-refractivity contribution in [3.63, 3.8) is 0 Å². The van der Waals surface area contributed by atoms with E-state index in [1.807, 2.05) is 0 Å². The predicted octanol–water partition coefficient (Wildman–Crippen LogP) is 2.69. The van der Waals surface area contributed by atoms with E-state index < -0.39 is 0 Å². The van der Waals surface area contributed by atoms with E-state index in [4.69, 9.17) is 14.2 Å². The number of halogens is 1. The van der Waals surface area contributed by atoms with Crippen molar-refractivity contribution in [3.05, 3.63) is 21.7 Å². The summed E-state index contributed by atoms with van der Waals surface area (Å²) in [4.78, 5) is 0. The summed E-state index contributed by atoms with van der Waals surface area (Å²) in [6, 6.07) is 2.08. The van der Waals surface area contributed by atoms with E-state index in [0.717, 1.165) is 47.7 Å². The third-order valence-corrected chi connectivity index (χ3v) is 3.95. The quantitative estimate of drug-likeness (QED) is 0.921. The van der Waals surface area contributed by atoms with E-state index in [1.165, 1.54) is 5.56 Å². The van der Waals surface area contributed by atoms with Crippen LogP contribution in [0.25, 0.3) is 0 Å². The van der Waals surface area contributed by atoms with E-state index in [2.05, 4.69) is 34.2 Å². The second-order valence-corrected chi connectivity index (χ2v) is 5.26. The van der Waals surface area contributed by atoms with Gasteiger partial charge in [-0.05, 0) is 34.0 Å². The van der Waals surface area contributed by atoms with Gasteiger partial charge in [-0.15, -0.1) is 0 Å². The van der Waals surface area contributed by atoms with Crippen molar-refractivity contribution in [2.75, 3.05) is 33.9 Å². The van der Waals surface area contributed by atoms with Gasteiger partial charge in [-0.2, -0.15) is 0 Å². The van der Waals surface area contributed by atoms with Crippen molar-refractivity contribution in [1.29, 1.82) is 0 Å². The maximum Gasteiger partial charge on any atom is 0.175 e. The highest BCUT2D eigenvalue weighted by Gasteiger charge is 2.24. The van der Waals surface area contributed by atoms with Gasteiger partial charge in [-0.1, -0.05) is 6.92 Å². The van der Waals surface area contributed by atoms with E-state index >= 15 is 0 Å². The Hall–Kier alpha value is -0.780. The molecule has 19 heavy (non-hydrogen) atoms. The van der Waals surface area contributed by atoms with E-state index in [0.29, 0.717) is 0 Å². The summed E-state index contributed by atoms with van der Waals surface area (Å²) >= 11 is 3.55. The summed E-state index contributed by atoms with van der Waals surface area (Å²) < 4.78 is 17.7. The molecule has 0 spiro atoms. The van der Waals surface area contributed by atoms with Gasteiger partial charge in [-0.3, -0.25) is 0 Å². The second kappa shape index (κ2) is 6.59. The molecule has 1 aromatic carbocycles. The van der Waals surface area contributed by atoms with Crippen LogP contribution in [-0.4, -0.2) is 33.9 Å². The molecule has 0 bridgehead atoms. The molecule has 106 valence electrons. The van der Waals surface area contributed by atoms with Gasteiger partial charge in [0.25, 0.3) is 0 Å². The Kier molecular flexibility index (Phi) is 5.07. The Balaban J connectivity index is 2.50. The molecule has 1 N–H and O–H groups in total. The summed E-state index contributed by atoms with van der Waals surface area (Å²) in [5.41, 5.74) is 2.32. The first-order valence-corrected chi connectivity index (χ1v) is 7.27. The average molecular weight is 330 g/mol. The minimum absolute atomic E-state index is 0.0693. The molecule has 0 radical (unpaired) electrons. The fraction of sp³-hybridized carbons (Fsp3) is 0.571. The Bertz CT molecular complexity index is 445. The van der Waals surface area contributed by atoms with Crippen LogP contribution in [0, 0.1) is 0 Å². The summed E-state index contributed by atoms with van der Waals surface area (Å²) in [6.45, 7) is 4.59. The fourth-order valence-corrected chi connectivity index (χ4v) is 3.08. The normalized spacial score (nSPS) is 19.3. The van der Waals surface area contributed by atoms with Crippen molar-refractivity contribution in [2.45, 2.75) is 19.4 Å². The van der Waals surface area contributed by atoms with Gasteiger partial charge in [0.2, 0.25) is 0 Å². The van der Waals surface area contributed by atoms with Crippen LogP contribution in [0.15, 0.2) is 10.5 Å². The van der Waals surface area contributed by atoms with E-state index in [-0.39, 0.29) is 6.10 Å². The Morgan fingerprint density at radius 1 is 1.37 bits per heavy atom. The molecule has 1 unspecified atom stereocenters. The van der Waals surface area contributed by atoms with Crippen LogP contribution in [0.1, 0.15) is 24.2 Å². The number of methoxy groups -OCH3 is 2. The molecule has 1 saturated heterocycles. The monoisotopic (exact) mass is 329 g/mol. The third kappa shape index (κ3) is 2.88. The van der Waals surface area contributed by atoms with Gasteiger partial charge >= 0.3 is 0 Å². The summed E-state index contributed by atoms with van der Waals surface area (Å²) in [6.07, 6.45) is 0.946. The highest BCUT2D eigenvalue weighted by molar-refractivity contribution is 9.10. The molecule has 0 aliphatic carbocycles. The number of morpholine rings is 1. The van der Waals surface area contributed by atoms with Crippen LogP contribution in [0.2, 0.25) is 0 Å². The maximum absolute atomic E-state index is 5.85. The van der Waals surface area contributed by atoms with Crippen LogP contribution >= 0.6 is 15.9 Å². The standard InChI is InChI=1S/C14H20BrNO3/c1-4-9-10(12-8-16-5-6-19-12)7-11(15)14(18-3)13(9)17-2/h7,12,16H,4-6,8H2,1-3H3. The SMILES string of the molecule is CCc1c(C2CNCCO2)cc(Br)c(OC)c1OC. The summed E-state index contributed by atoms with van der Waals surface area (Å²) in [7, 11) is 3.33. The maximum atomic E-state index is 5.85. The molecule has 5 heteroatoms. The highest BCUT2D eigenvalue weighted by Crippen LogP contribution is 2.42. The van der Waals surface area contributed by atoms with Gasteiger partial charge in [0, 0.05) is 18.7 Å². The zero-order valence-corrected chi connectivity index (χ0v) is 13.2. The lowest BCUT2D eigenvalue weighted by Gasteiger charge is -2.27. The Morgan fingerprint density at radius 2 is 2.11 bits per heavy atom. The fourth-order valence-electron chi connectivity index (χ4n) is 2.49. The van der Waals surface area contributed by atoms with E-state index in [1.54, 1.807) is 14.2 Å². The number of benzene rings is 1. The second-order valence-electron chi connectivity index (χ2n) is 4.41. The number of hydrogen-bond acceptors (Lipinski definition) is 4. The minimum Gasteiger partial charge on any atom is -0.493 e. The van der Waals surface area contributed by atoms with Crippen molar-refractivity contribution >= 4 is 15.9 Å². The predicted molar refractivity (Wildman–Crippen MR) is 78.2 cm³/mol. The topological polar surface area (TPSA) is 39.7 Å². The molecule has 1 heterocycles. The first-order chi connectivity index (χ1) is 9.22. The number of ether oxygens (including phenoxy) is 3. The molecule has 0 aromatic heterocycles. The zero-order chi connectivity index (χ0) is 13.8. The molecule has 1 aromatic rings. The largest absolute Gasteiger partial charge is 0.493 e. The molecule has 1 atom stereocenters. The average Bonchev–Trinajstić information content (AvgIpc) is 2.46. The Labute approximate surface area is 122 Å². The van der Waals surface area contributed by atoms with E-state index in [9.17, 15) is 0 Å². The molecule has 1 aliphatic rings. The molecular formula is C14H20BrNO3. The van der Waals surface area contributed by atoms with Gasteiger partial charge in [0.05, 0.1) is 31.4 Å². The molecule has 1 aliphatic heterocycles.